The van der Waals surface area contributed by atoms with Gasteiger partial charge in [0.15, 0.2) is 0 Å². The highest BCUT2D eigenvalue weighted by Crippen LogP contribution is 2.17. The molecule has 0 spiro atoms. The molecule has 0 aromatic heterocycles. The second-order valence-corrected chi connectivity index (χ2v) is 3.88. The van der Waals surface area contributed by atoms with Crippen molar-refractivity contribution >= 4 is 11.7 Å². The summed E-state index contributed by atoms with van der Waals surface area (Å²) < 4.78 is 0. The van der Waals surface area contributed by atoms with Crippen LogP contribution in [-0.2, 0) is 6.42 Å². The van der Waals surface area contributed by atoms with Crippen molar-refractivity contribution < 1.29 is 9.90 Å². The van der Waals surface area contributed by atoms with Gasteiger partial charge in [0.2, 0.25) is 0 Å². The van der Waals surface area contributed by atoms with Gasteiger partial charge in [0.05, 0.1) is 5.56 Å². The van der Waals surface area contributed by atoms with Crippen LogP contribution in [0.2, 0.25) is 0 Å². The van der Waals surface area contributed by atoms with Gasteiger partial charge in [0.25, 0.3) is 0 Å². The van der Waals surface area contributed by atoms with E-state index in [4.69, 9.17) is 10.8 Å². The molecule has 0 aliphatic carbocycles. The molecule has 0 amide bonds. The van der Waals surface area contributed by atoms with Crippen LogP contribution in [0.3, 0.4) is 0 Å². The Balaban J connectivity index is 2.37. The van der Waals surface area contributed by atoms with Gasteiger partial charge in [0.1, 0.15) is 0 Å². The average Bonchev–Trinajstić information content (AvgIpc) is 2.30. The highest BCUT2D eigenvalue weighted by molar-refractivity contribution is 5.90. The van der Waals surface area contributed by atoms with E-state index < -0.39 is 5.97 Å². The van der Waals surface area contributed by atoms with Crippen LogP contribution < -0.4 is 5.73 Å². The normalized spacial score (nSPS) is 10.1. The van der Waals surface area contributed by atoms with Crippen molar-refractivity contribution in [2.45, 2.75) is 6.42 Å². The monoisotopic (exact) mass is 227 g/mol. The van der Waals surface area contributed by atoms with Crippen LogP contribution in [0.15, 0.2) is 48.5 Å². The largest absolute Gasteiger partial charge is 0.478 e. The molecule has 0 aliphatic heterocycles. The maximum Gasteiger partial charge on any atom is 0.335 e. The van der Waals surface area contributed by atoms with Crippen LogP contribution in [0.5, 0.6) is 0 Å². The lowest BCUT2D eigenvalue weighted by Crippen LogP contribution is -2.04. The summed E-state index contributed by atoms with van der Waals surface area (Å²) in [5.41, 5.74) is 8.39. The third-order valence-corrected chi connectivity index (χ3v) is 2.60. The van der Waals surface area contributed by atoms with Gasteiger partial charge in [-0.25, -0.2) is 4.79 Å². The minimum atomic E-state index is -0.920. The molecular weight excluding hydrogens is 214 g/mol. The molecule has 0 atom stereocenters. The average molecular weight is 227 g/mol. The van der Waals surface area contributed by atoms with Gasteiger partial charge in [-0.15, -0.1) is 0 Å². The van der Waals surface area contributed by atoms with Gasteiger partial charge >= 0.3 is 5.97 Å². The van der Waals surface area contributed by atoms with Gasteiger partial charge in [-0.1, -0.05) is 30.3 Å². The van der Waals surface area contributed by atoms with Crippen LogP contribution in [0, 0.1) is 0 Å². The number of anilines is 1. The molecule has 0 radical (unpaired) electrons. The molecule has 2 aromatic rings. The number of nitrogens with two attached hydrogens (primary N) is 1. The predicted molar refractivity (Wildman–Crippen MR) is 67.1 cm³/mol. The lowest BCUT2D eigenvalue weighted by atomic mass is 9.99. The van der Waals surface area contributed by atoms with E-state index >= 15 is 0 Å². The minimum absolute atomic E-state index is 0.308. The second kappa shape index (κ2) is 4.70. The number of benzene rings is 2. The summed E-state index contributed by atoms with van der Waals surface area (Å²) in [4.78, 5) is 11.1. The third-order valence-electron chi connectivity index (χ3n) is 2.60. The number of carboxylic acids is 1. The molecule has 0 heterocycles. The fraction of sp³-hybridized carbons (Fsp3) is 0.0714. The SMILES string of the molecule is Nc1ccc(C(=O)O)c(Cc2ccccc2)c1. The molecule has 0 saturated heterocycles. The Hall–Kier alpha value is -2.29. The van der Waals surface area contributed by atoms with Crippen molar-refractivity contribution in [2.75, 3.05) is 5.73 Å². The molecule has 3 N–H and O–H groups in total. The van der Waals surface area contributed by atoms with E-state index in [2.05, 4.69) is 0 Å². The molecular formula is C14H13NO2. The first-order valence-corrected chi connectivity index (χ1v) is 5.32. The van der Waals surface area contributed by atoms with Crippen molar-refractivity contribution in [2.24, 2.45) is 0 Å². The molecule has 17 heavy (non-hydrogen) atoms. The first kappa shape index (κ1) is 11.2. The fourth-order valence-electron chi connectivity index (χ4n) is 1.78. The van der Waals surface area contributed by atoms with Crippen LogP contribution in [0.4, 0.5) is 5.69 Å². The predicted octanol–water partition coefficient (Wildman–Crippen LogP) is 2.56. The number of nitrogen functional groups attached to an aromatic ring is 1. The molecule has 0 fully saturated rings. The van der Waals surface area contributed by atoms with Crippen molar-refractivity contribution in [3.8, 4) is 0 Å². The lowest BCUT2D eigenvalue weighted by molar-refractivity contribution is 0.0696. The van der Waals surface area contributed by atoms with Crippen LogP contribution >= 0.6 is 0 Å². The highest BCUT2D eigenvalue weighted by Gasteiger charge is 2.10. The number of aromatic carboxylic acids is 1. The maximum absolute atomic E-state index is 11.1. The smallest absolute Gasteiger partial charge is 0.335 e. The van der Waals surface area contributed by atoms with Crippen molar-refractivity contribution in [1.82, 2.24) is 0 Å². The van der Waals surface area contributed by atoms with E-state index in [1.54, 1.807) is 18.2 Å². The van der Waals surface area contributed by atoms with Gasteiger partial charge < -0.3 is 10.8 Å². The van der Waals surface area contributed by atoms with E-state index in [9.17, 15) is 4.79 Å². The summed E-state index contributed by atoms with van der Waals surface area (Å²) in [6, 6.07) is 14.6. The maximum atomic E-state index is 11.1. The Labute approximate surface area is 99.5 Å². The van der Waals surface area contributed by atoms with Gasteiger partial charge in [-0.05, 0) is 35.7 Å². The fourth-order valence-corrected chi connectivity index (χ4v) is 1.78. The summed E-state index contributed by atoms with van der Waals surface area (Å²) in [7, 11) is 0. The number of hydrogen-bond acceptors (Lipinski definition) is 2. The minimum Gasteiger partial charge on any atom is -0.478 e. The zero-order valence-corrected chi connectivity index (χ0v) is 9.26. The number of carbonyl (C=O) groups is 1. The van der Waals surface area contributed by atoms with Gasteiger partial charge in [-0.2, -0.15) is 0 Å². The Bertz CT molecular complexity index is 535. The first-order chi connectivity index (χ1) is 8.16. The summed E-state index contributed by atoms with van der Waals surface area (Å²) in [6.45, 7) is 0. The van der Waals surface area contributed by atoms with E-state index in [1.807, 2.05) is 30.3 Å². The van der Waals surface area contributed by atoms with Crippen molar-refractivity contribution in [1.29, 1.82) is 0 Å². The number of rotatable bonds is 3. The van der Waals surface area contributed by atoms with Crippen molar-refractivity contribution in [3.63, 3.8) is 0 Å². The zero-order chi connectivity index (χ0) is 12.3. The Kier molecular flexibility index (Phi) is 3.10. The zero-order valence-electron chi connectivity index (χ0n) is 9.26. The summed E-state index contributed by atoms with van der Waals surface area (Å²) in [5, 5.41) is 9.09. The molecule has 0 aliphatic rings. The molecule has 0 saturated carbocycles. The topological polar surface area (TPSA) is 63.3 Å². The van der Waals surface area contributed by atoms with Crippen LogP contribution in [-0.4, -0.2) is 11.1 Å². The molecule has 2 rings (SSSR count). The molecule has 2 aromatic carbocycles. The molecule has 3 heteroatoms. The molecule has 0 bridgehead atoms. The Morgan fingerprint density at radius 3 is 2.47 bits per heavy atom. The standard InChI is InChI=1S/C14H13NO2/c15-12-6-7-13(14(16)17)11(9-12)8-10-4-2-1-3-5-10/h1-7,9H,8,15H2,(H,16,17). The van der Waals surface area contributed by atoms with Crippen molar-refractivity contribution in [3.05, 3.63) is 65.2 Å². The Morgan fingerprint density at radius 2 is 1.82 bits per heavy atom. The lowest BCUT2D eigenvalue weighted by Gasteiger charge is -2.07. The van der Waals surface area contributed by atoms with Gasteiger partial charge in [-0.3, -0.25) is 0 Å². The molecule has 0 unspecified atom stereocenters. The van der Waals surface area contributed by atoms with Crippen LogP contribution in [0.1, 0.15) is 21.5 Å². The summed E-state index contributed by atoms with van der Waals surface area (Å²) >= 11 is 0. The van der Waals surface area contributed by atoms with Crippen LogP contribution in [0.25, 0.3) is 0 Å². The summed E-state index contributed by atoms with van der Waals surface area (Å²) in [5.74, 6) is -0.920. The van der Waals surface area contributed by atoms with E-state index in [1.165, 1.54) is 0 Å². The first-order valence-electron chi connectivity index (χ1n) is 5.32. The van der Waals surface area contributed by atoms with Gasteiger partial charge in [0, 0.05) is 5.69 Å². The third kappa shape index (κ3) is 2.64. The molecule has 3 nitrogen and oxygen atoms in total. The van der Waals surface area contributed by atoms with E-state index in [0.717, 1.165) is 11.1 Å². The number of carboxylic acid groups (broad SMARTS) is 1. The number of hydrogen-bond donors (Lipinski definition) is 2. The van der Waals surface area contributed by atoms with E-state index in [-0.39, 0.29) is 0 Å². The Morgan fingerprint density at radius 1 is 1.12 bits per heavy atom. The summed E-state index contributed by atoms with van der Waals surface area (Å²) in [6.07, 6.45) is 0.577. The molecule has 86 valence electrons. The second-order valence-electron chi connectivity index (χ2n) is 3.88. The highest BCUT2D eigenvalue weighted by atomic mass is 16.4. The quantitative estimate of drug-likeness (QED) is 0.792. The van der Waals surface area contributed by atoms with E-state index in [0.29, 0.717) is 17.7 Å².